The number of rotatable bonds is 24. The fraction of sp³-hybridized carbons (Fsp3) is 0.659. The number of likely N-dealkylation sites (tertiary alicyclic amines) is 2. The van der Waals surface area contributed by atoms with Gasteiger partial charge in [0.15, 0.2) is 0 Å². The Kier molecular flexibility index (Phi) is 19.0. The predicted octanol–water partition coefficient (Wildman–Crippen LogP) is 4.32. The summed E-state index contributed by atoms with van der Waals surface area (Å²) in [6, 6.07) is 20.1. The Morgan fingerprint density at radius 1 is 0.833 bits per heavy atom. The molecule has 60 heavy (non-hydrogen) atoms. The number of urea groups is 1. The zero-order valence-corrected chi connectivity index (χ0v) is 39.3. The summed E-state index contributed by atoms with van der Waals surface area (Å²) in [5, 5.41) is 9.37. The van der Waals surface area contributed by atoms with Crippen molar-refractivity contribution in [2.75, 3.05) is 108 Å². The number of hydrogen-bond donors (Lipinski definition) is 3. The van der Waals surface area contributed by atoms with Crippen LogP contribution in [0.1, 0.15) is 50.5 Å². The minimum absolute atomic E-state index is 0.0387. The molecule has 5 saturated heterocycles. The topological polar surface area (TPSA) is 125 Å². The van der Waals surface area contributed by atoms with Gasteiger partial charge in [0.25, 0.3) is 0 Å². The number of thioether (sulfide) groups is 1. The Morgan fingerprint density at radius 2 is 1.55 bits per heavy atom. The van der Waals surface area contributed by atoms with E-state index in [1.54, 1.807) is 0 Å². The van der Waals surface area contributed by atoms with E-state index in [9.17, 15) is 14.4 Å². The second-order valence-electron chi connectivity index (χ2n) is 16.4. The van der Waals surface area contributed by atoms with E-state index in [1.165, 1.54) is 21.4 Å². The van der Waals surface area contributed by atoms with Crippen molar-refractivity contribution in [1.82, 2.24) is 25.8 Å². The second-order valence-corrected chi connectivity index (χ2v) is 29.4. The summed E-state index contributed by atoms with van der Waals surface area (Å²) in [5.41, 5.74) is 2.38. The zero-order valence-electron chi connectivity index (χ0n) is 35.0. The Balaban J connectivity index is 0.715. The van der Waals surface area contributed by atoms with E-state index in [2.05, 4.69) is 105 Å². The molecule has 0 radical (unpaired) electrons. The molecule has 7 rings (SSSR count). The van der Waals surface area contributed by atoms with E-state index in [4.69, 9.17) is 14.2 Å². The number of benzene rings is 2. The number of unbranched alkanes of at least 4 members (excludes halogenated alkanes) is 1. The number of carbonyl (C=O) groups excluding carboxylic acids is 3. The van der Waals surface area contributed by atoms with Crippen LogP contribution in [0.4, 0.5) is 10.5 Å². The third-order valence-electron chi connectivity index (χ3n) is 12.1. The van der Waals surface area contributed by atoms with Crippen molar-refractivity contribution in [1.29, 1.82) is 0 Å². The first-order chi connectivity index (χ1) is 29.5. The summed E-state index contributed by atoms with van der Waals surface area (Å²) < 4.78 is 18.7. The molecule has 0 bridgehead atoms. The van der Waals surface area contributed by atoms with Crippen molar-refractivity contribution in [3.05, 3.63) is 60.2 Å². The first-order valence-corrected chi connectivity index (χ1v) is 30.6. The fourth-order valence-electron chi connectivity index (χ4n) is 8.75. The normalized spacial score (nSPS) is 23.8. The number of carbonyl (C=O) groups is 3. The standard InChI is InChI=1S/C44H65AsN6O6S3/c52-41(9-5-4-8-40-42-39(33-58-40)47-44(54)48-42)46-17-22-55-24-26-57-27-25-56-23-21-49-18-14-35(15-19-49)31-51(38-12-10-37(11-13-38)45-59-28-29-60-45)43(53)36-16-20-50(32-36)30-34-6-2-1-3-7-34/h1-3,6-7,10-13,35-36,39-40,42H,4-5,8-9,14-33H2,(H,46,52)(H2,47,48,54)/t36-,39-,40-,42-/m1/s1. The van der Waals surface area contributed by atoms with Gasteiger partial charge < -0.3 is 30.2 Å². The van der Waals surface area contributed by atoms with Crippen LogP contribution < -0.4 is 25.2 Å². The van der Waals surface area contributed by atoms with E-state index < -0.39 is 12.3 Å². The van der Waals surface area contributed by atoms with Gasteiger partial charge in [0.05, 0.1) is 45.1 Å². The van der Waals surface area contributed by atoms with Gasteiger partial charge in [-0.2, -0.15) is 11.8 Å². The molecule has 5 heterocycles. The van der Waals surface area contributed by atoms with Gasteiger partial charge in [-0.3, -0.25) is 4.79 Å². The van der Waals surface area contributed by atoms with Gasteiger partial charge in [-0.05, 0) is 12.8 Å². The molecule has 5 aliphatic rings. The number of anilines is 1. The van der Waals surface area contributed by atoms with Crippen LogP contribution in [-0.2, 0) is 30.3 Å². The van der Waals surface area contributed by atoms with E-state index in [0.717, 1.165) is 95.8 Å². The van der Waals surface area contributed by atoms with Crippen molar-refractivity contribution in [2.24, 2.45) is 11.8 Å². The van der Waals surface area contributed by atoms with Crippen LogP contribution in [0.2, 0.25) is 0 Å². The molecule has 330 valence electrons. The number of piperidine rings is 1. The number of amides is 4. The van der Waals surface area contributed by atoms with E-state index in [1.807, 2.05) is 11.8 Å². The molecule has 2 aromatic rings. The Labute approximate surface area is 372 Å². The van der Waals surface area contributed by atoms with E-state index in [0.29, 0.717) is 69.7 Å². The Morgan fingerprint density at radius 3 is 2.32 bits per heavy atom. The molecular formula is C44H65AsN6O6S3. The van der Waals surface area contributed by atoms with Crippen LogP contribution in [0.15, 0.2) is 54.6 Å². The molecule has 5 aliphatic heterocycles. The summed E-state index contributed by atoms with van der Waals surface area (Å²) in [7, 11) is 4.33. The molecular weight excluding hydrogens is 880 g/mol. The van der Waals surface area contributed by atoms with Crippen molar-refractivity contribution in [3.8, 4) is 0 Å². The molecule has 0 spiro atoms. The zero-order chi connectivity index (χ0) is 41.4. The molecule has 0 aliphatic carbocycles. The minimum atomic E-state index is -1.06. The van der Waals surface area contributed by atoms with Gasteiger partial charge in [0, 0.05) is 24.0 Å². The van der Waals surface area contributed by atoms with Crippen molar-refractivity contribution >= 4 is 72.0 Å². The van der Waals surface area contributed by atoms with Gasteiger partial charge >= 0.3 is 211 Å². The number of hydrogen-bond acceptors (Lipinski definition) is 11. The Bertz CT molecular complexity index is 1620. The number of ether oxygens (including phenoxy) is 3. The SMILES string of the molecule is O=C(CCCC[C@H]1SC[C@H]2NC(=O)N[C@H]21)NCCOCCOCCOCCN1CCC(CN(C(=O)[C@@H]2CCN(Cc3ccccc3)C2)c2ccc([As]3SCCS3)cc2)CC1. The van der Waals surface area contributed by atoms with Crippen LogP contribution in [0.5, 0.6) is 0 Å². The fourth-order valence-corrected chi connectivity index (χ4v) is 24.4. The maximum atomic E-state index is 14.3. The summed E-state index contributed by atoms with van der Waals surface area (Å²) >= 11 is 0.855. The first kappa shape index (κ1) is 46.1. The summed E-state index contributed by atoms with van der Waals surface area (Å²) in [6.45, 7) is 10.2. The van der Waals surface area contributed by atoms with Crippen LogP contribution in [0.3, 0.4) is 0 Å². The van der Waals surface area contributed by atoms with Gasteiger partial charge in [-0.15, -0.1) is 0 Å². The summed E-state index contributed by atoms with van der Waals surface area (Å²) in [6.07, 6.45) is 6.47. The maximum absolute atomic E-state index is 14.3. The first-order valence-electron chi connectivity index (χ1n) is 22.1. The second kappa shape index (κ2) is 24.8. The summed E-state index contributed by atoms with van der Waals surface area (Å²) in [5.74, 6) is 4.38. The van der Waals surface area contributed by atoms with Crippen LogP contribution in [0.25, 0.3) is 0 Å². The summed E-state index contributed by atoms with van der Waals surface area (Å²) in [4.78, 5) is 45.1. The molecule has 12 nitrogen and oxygen atoms in total. The van der Waals surface area contributed by atoms with E-state index in [-0.39, 0.29) is 29.9 Å². The molecule has 16 heteroatoms. The third-order valence-corrected chi connectivity index (χ3v) is 27.3. The number of fused-ring (bicyclic) bond motifs is 1. The molecule has 4 atom stereocenters. The van der Waals surface area contributed by atoms with Gasteiger partial charge in [-0.25, -0.2) is 4.79 Å². The average molecular weight is 945 g/mol. The van der Waals surface area contributed by atoms with Gasteiger partial charge in [-0.1, -0.05) is 24.6 Å². The quantitative estimate of drug-likeness (QED) is 0.0793. The third kappa shape index (κ3) is 14.3. The number of nitrogens with zero attached hydrogens (tertiary/aromatic N) is 3. The van der Waals surface area contributed by atoms with E-state index >= 15 is 0 Å². The molecule has 0 aromatic heterocycles. The van der Waals surface area contributed by atoms with Crippen molar-refractivity contribution in [3.63, 3.8) is 0 Å². The molecule has 2 aromatic carbocycles. The average Bonchev–Trinajstić information content (AvgIpc) is 4.10. The predicted molar refractivity (Wildman–Crippen MR) is 248 cm³/mol. The van der Waals surface area contributed by atoms with Gasteiger partial charge in [0.2, 0.25) is 5.91 Å². The molecule has 3 N–H and O–H groups in total. The monoisotopic (exact) mass is 944 g/mol. The number of nitrogens with one attached hydrogen (secondary N) is 3. The van der Waals surface area contributed by atoms with Crippen LogP contribution in [0, 0.1) is 11.8 Å². The van der Waals surface area contributed by atoms with Gasteiger partial charge in [0.1, 0.15) is 0 Å². The molecule has 0 saturated carbocycles. The van der Waals surface area contributed by atoms with Crippen LogP contribution >= 0.6 is 31.8 Å². The molecule has 0 unspecified atom stereocenters. The Hall–Kier alpha value is -1.94. The molecule has 5 fully saturated rings. The van der Waals surface area contributed by atoms with Crippen LogP contribution in [-0.4, -0.2) is 160 Å². The van der Waals surface area contributed by atoms with Crippen molar-refractivity contribution < 1.29 is 28.6 Å². The molecule has 4 amide bonds. The van der Waals surface area contributed by atoms with Crippen molar-refractivity contribution in [2.45, 2.75) is 68.8 Å².